The summed E-state index contributed by atoms with van der Waals surface area (Å²) in [6.07, 6.45) is 6.91. The lowest BCUT2D eigenvalue weighted by molar-refractivity contribution is -0.120. The standard InChI is InChI=1S/C10H16O2/c1-8(11)4-2-5-9-6-3-7-10(9)12/h2,4,8-9,11H,3,5-7H2,1H3/b4-2+/i10+1. The van der Waals surface area contributed by atoms with Crippen molar-refractivity contribution >= 4 is 5.78 Å². The van der Waals surface area contributed by atoms with Crippen molar-refractivity contribution < 1.29 is 9.90 Å². The van der Waals surface area contributed by atoms with E-state index < -0.39 is 0 Å². The SMILES string of the molecule is CC(O)/C=C/CC1CCC[13C]1=O. The van der Waals surface area contributed by atoms with Gasteiger partial charge in [-0.3, -0.25) is 4.79 Å². The smallest absolute Gasteiger partial charge is 0.136 e. The highest BCUT2D eigenvalue weighted by molar-refractivity contribution is 5.82. The fourth-order valence-electron chi connectivity index (χ4n) is 1.58. The molecule has 2 nitrogen and oxygen atoms in total. The maximum absolute atomic E-state index is 11.2. The Bertz CT molecular complexity index is 182. The Labute approximate surface area is 73.3 Å². The molecule has 2 heteroatoms. The lowest BCUT2D eigenvalue weighted by Gasteiger charge is -2.02. The molecule has 2 unspecified atom stereocenters. The molecule has 1 rings (SSSR count). The number of Topliss-reactive ketones (excluding diaryl/α,β-unsaturated/α-hetero) is 1. The number of rotatable bonds is 3. The molecule has 0 aromatic heterocycles. The van der Waals surface area contributed by atoms with Crippen molar-refractivity contribution in [3.05, 3.63) is 12.2 Å². The molecule has 0 amide bonds. The van der Waals surface area contributed by atoms with Gasteiger partial charge in [-0.1, -0.05) is 12.2 Å². The molecule has 0 bridgehead atoms. The third-order valence-corrected chi connectivity index (χ3v) is 2.27. The number of hydrogen-bond acceptors (Lipinski definition) is 2. The molecule has 0 aliphatic heterocycles. The van der Waals surface area contributed by atoms with Crippen LogP contribution in [0.15, 0.2) is 12.2 Å². The zero-order valence-corrected chi connectivity index (χ0v) is 7.49. The van der Waals surface area contributed by atoms with Crippen molar-refractivity contribution in [2.75, 3.05) is 0 Å². The lowest BCUT2D eigenvalue weighted by Crippen LogP contribution is -2.04. The molecule has 68 valence electrons. The Morgan fingerprint density at radius 2 is 2.50 bits per heavy atom. The predicted octanol–water partition coefficient (Wildman–Crippen LogP) is 1.68. The molecule has 0 spiro atoms. The van der Waals surface area contributed by atoms with Crippen LogP contribution in [0.3, 0.4) is 0 Å². The molecule has 0 aromatic rings. The van der Waals surface area contributed by atoms with Crippen LogP contribution in [0.1, 0.15) is 32.6 Å². The fourth-order valence-corrected chi connectivity index (χ4v) is 1.58. The number of ketones is 1. The highest BCUT2D eigenvalue weighted by Gasteiger charge is 2.22. The summed E-state index contributed by atoms with van der Waals surface area (Å²) >= 11 is 0. The van der Waals surface area contributed by atoms with Gasteiger partial charge < -0.3 is 5.11 Å². The van der Waals surface area contributed by atoms with Gasteiger partial charge >= 0.3 is 0 Å². The fraction of sp³-hybridized carbons (Fsp3) is 0.700. The molecule has 0 radical (unpaired) electrons. The molecule has 1 N–H and O–H groups in total. The van der Waals surface area contributed by atoms with Crippen LogP contribution in [0.4, 0.5) is 0 Å². The van der Waals surface area contributed by atoms with E-state index in [1.54, 1.807) is 13.0 Å². The molecule has 2 atom stereocenters. The van der Waals surface area contributed by atoms with E-state index in [1.165, 1.54) is 0 Å². The van der Waals surface area contributed by atoms with Crippen LogP contribution in [0.2, 0.25) is 0 Å². The van der Waals surface area contributed by atoms with Gasteiger partial charge in [0.2, 0.25) is 0 Å². The largest absolute Gasteiger partial charge is 0.389 e. The summed E-state index contributed by atoms with van der Waals surface area (Å²) in [6.45, 7) is 1.72. The summed E-state index contributed by atoms with van der Waals surface area (Å²) in [5, 5.41) is 8.92. The molecule has 1 aliphatic rings. The van der Waals surface area contributed by atoms with Crippen LogP contribution in [0.25, 0.3) is 0 Å². The van der Waals surface area contributed by atoms with Gasteiger partial charge in [-0.15, -0.1) is 0 Å². The first kappa shape index (κ1) is 9.46. The molecular weight excluding hydrogens is 153 g/mol. The maximum atomic E-state index is 11.2. The van der Waals surface area contributed by atoms with Gasteiger partial charge in [-0.2, -0.15) is 0 Å². The second kappa shape index (κ2) is 4.41. The summed E-state index contributed by atoms with van der Waals surface area (Å²) in [6, 6.07) is 0. The second-order valence-corrected chi connectivity index (χ2v) is 3.46. The summed E-state index contributed by atoms with van der Waals surface area (Å²) < 4.78 is 0. The number of carbonyl (C=O) groups is 1. The van der Waals surface area contributed by atoms with Gasteiger partial charge in [-0.05, 0) is 26.2 Å². The van der Waals surface area contributed by atoms with Gasteiger partial charge in [0.1, 0.15) is 5.78 Å². The van der Waals surface area contributed by atoms with E-state index in [1.807, 2.05) is 6.08 Å². The van der Waals surface area contributed by atoms with E-state index in [0.717, 1.165) is 25.7 Å². The van der Waals surface area contributed by atoms with E-state index in [-0.39, 0.29) is 12.0 Å². The number of allylic oxidation sites excluding steroid dienone is 1. The van der Waals surface area contributed by atoms with Crippen LogP contribution in [0.5, 0.6) is 0 Å². The summed E-state index contributed by atoms with van der Waals surface area (Å²) in [7, 11) is 0. The normalized spacial score (nSPS) is 26.8. The highest BCUT2D eigenvalue weighted by atomic mass is 16.3. The molecule has 1 saturated carbocycles. The Morgan fingerprint density at radius 3 is 3.00 bits per heavy atom. The van der Waals surface area contributed by atoms with Crippen molar-refractivity contribution in [1.82, 2.24) is 0 Å². The van der Waals surface area contributed by atoms with Crippen LogP contribution in [0, 0.1) is 5.92 Å². The van der Waals surface area contributed by atoms with Crippen LogP contribution < -0.4 is 0 Å². The third-order valence-electron chi connectivity index (χ3n) is 2.27. The maximum Gasteiger partial charge on any atom is 0.136 e. The first-order valence-electron chi connectivity index (χ1n) is 4.57. The third kappa shape index (κ3) is 2.78. The Balaban J connectivity index is 2.27. The van der Waals surface area contributed by atoms with E-state index in [4.69, 9.17) is 5.11 Å². The van der Waals surface area contributed by atoms with Crippen LogP contribution >= 0.6 is 0 Å². The predicted molar refractivity (Wildman–Crippen MR) is 47.8 cm³/mol. The molecular formula is C10H16O2. The van der Waals surface area contributed by atoms with E-state index in [2.05, 4.69) is 0 Å². The zero-order valence-electron chi connectivity index (χ0n) is 7.49. The topological polar surface area (TPSA) is 37.3 Å². The Morgan fingerprint density at radius 1 is 1.75 bits per heavy atom. The molecule has 0 saturated heterocycles. The van der Waals surface area contributed by atoms with Crippen LogP contribution in [-0.2, 0) is 4.79 Å². The minimum Gasteiger partial charge on any atom is -0.389 e. The van der Waals surface area contributed by atoms with Crippen molar-refractivity contribution in [1.29, 1.82) is 0 Å². The molecule has 12 heavy (non-hydrogen) atoms. The average Bonchev–Trinajstić information content (AvgIpc) is 2.36. The van der Waals surface area contributed by atoms with Crippen molar-refractivity contribution in [3.63, 3.8) is 0 Å². The van der Waals surface area contributed by atoms with E-state index in [9.17, 15) is 4.79 Å². The molecule has 1 fully saturated rings. The van der Waals surface area contributed by atoms with Gasteiger partial charge in [0.25, 0.3) is 0 Å². The van der Waals surface area contributed by atoms with E-state index >= 15 is 0 Å². The molecule has 0 heterocycles. The van der Waals surface area contributed by atoms with Crippen molar-refractivity contribution in [3.8, 4) is 0 Å². The lowest BCUT2D eigenvalue weighted by atomic mass is 10.1. The number of aliphatic hydroxyl groups is 1. The zero-order chi connectivity index (χ0) is 8.97. The summed E-state index contributed by atoms with van der Waals surface area (Å²) in [5.41, 5.74) is 0. The molecule has 1 aliphatic carbocycles. The van der Waals surface area contributed by atoms with Crippen LogP contribution in [-0.4, -0.2) is 17.0 Å². The monoisotopic (exact) mass is 169 g/mol. The highest BCUT2D eigenvalue weighted by Crippen LogP contribution is 2.24. The first-order chi connectivity index (χ1) is 5.70. The van der Waals surface area contributed by atoms with Gasteiger partial charge in [0.05, 0.1) is 6.10 Å². The molecule has 0 aromatic carbocycles. The number of hydrogen-bond donors (Lipinski definition) is 1. The average molecular weight is 169 g/mol. The minimum atomic E-state index is -0.387. The minimum absolute atomic E-state index is 0.236. The van der Waals surface area contributed by atoms with E-state index in [0.29, 0.717) is 5.78 Å². The quantitative estimate of drug-likeness (QED) is 0.515. The Kier molecular flexibility index (Phi) is 3.48. The Hall–Kier alpha value is -0.630. The second-order valence-electron chi connectivity index (χ2n) is 3.46. The summed E-state index contributed by atoms with van der Waals surface area (Å²) in [4.78, 5) is 11.2. The van der Waals surface area contributed by atoms with Gasteiger partial charge in [0, 0.05) is 12.3 Å². The number of carbonyl (C=O) groups excluding carboxylic acids is 1. The summed E-state index contributed by atoms with van der Waals surface area (Å²) in [5.74, 6) is 0.630. The first-order valence-corrected chi connectivity index (χ1v) is 4.57. The number of aliphatic hydroxyl groups excluding tert-OH is 1. The van der Waals surface area contributed by atoms with Crippen molar-refractivity contribution in [2.45, 2.75) is 38.7 Å². The van der Waals surface area contributed by atoms with Gasteiger partial charge in [0.15, 0.2) is 0 Å². The van der Waals surface area contributed by atoms with Gasteiger partial charge in [-0.25, -0.2) is 0 Å². The van der Waals surface area contributed by atoms with Crippen molar-refractivity contribution in [2.24, 2.45) is 5.92 Å².